The lowest BCUT2D eigenvalue weighted by atomic mass is 9.79. The lowest BCUT2D eigenvalue weighted by Crippen LogP contribution is -2.44. The largest absolute Gasteiger partial charge is 0.491 e. The van der Waals surface area contributed by atoms with Crippen molar-refractivity contribution in [2.75, 3.05) is 27.2 Å². The fraction of sp³-hybridized carbons (Fsp3) is 0.571. The quantitative estimate of drug-likeness (QED) is 0.764. The third-order valence-electron chi connectivity index (χ3n) is 3.96. The van der Waals surface area contributed by atoms with Gasteiger partial charge < -0.3 is 14.9 Å². The molecule has 1 atom stereocenters. The maximum absolute atomic E-state index is 13.4. The van der Waals surface area contributed by atoms with Gasteiger partial charge in [0.15, 0.2) is 0 Å². The van der Waals surface area contributed by atoms with Crippen molar-refractivity contribution in [1.82, 2.24) is 9.80 Å². The van der Waals surface area contributed by atoms with Gasteiger partial charge >= 0.3 is 7.12 Å². The smallest absolute Gasteiger partial charge is 0.423 e. The Bertz CT molecular complexity index is 457. The third-order valence-corrected chi connectivity index (χ3v) is 3.96. The second-order valence-electron chi connectivity index (χ2n) is 5.72. The summed E-state index contributed by atoms with van der Waals surface area (Å²) in [5, 5.41) is 18.3. The normalized spacial score (nSPS) is 20.4. The van der Waals surface area contributed by atoms with Gasteiger partial charge in [0.2, 0.25) is 0 Å². The summed E-state index contributed by atoms with van der Waals surface area (Å²) in [6.45, 7) is 2.73. The molecular formula is C14H22BFN2O2. The Morgan fingerprint density at radius 3 is 2.80 bits per heavy atom. The number of benzene rings is 1. The zero-order valence-electron chi connectivity index (χ0n) is 12.1. The molecule has 0 aromatic heterocycles. The highest BCUT2D eigenvalue weighted by Gasteiger charge is 2.22. The molecule has 6 heteroatoms. The number of piperidine rings is 1. The second kappa shape index (κ2) is 6.67. The molecule has 0 amide bonds. The Labute approximate surface area is 120 Å². The molecule has 1 fully saturated rings. The van der Waals surface area contributed by atoms with Crippen LogP contribution in [0.3, 0.4) is 0 Å². The average molecular weight is 280 g/mol. The van der Waals surface area contributed by atoms with E-state index in [2.05, 4.69) is 23.9 Å². The van der Waals surface area contributed by atoms with Crippen LogP contribution >= 0.6 is 0 Å². The molecule has 2 rings (SSSR count). The van der Waals surface area contributed by atoms with Gasteiger partial charge in [-0.05, 0) is 45.1 Å². The van der Waals surface area contributed by atoms with Gasteiger partial charge in [0.05, 0.1) is 0 Å². The van der Waals surface area contributed by atoms with E-state index in [0.29, 0.717) is 12.6 Å². The summed E-state index contributed by atoms with van der Waals surface area (Å²) in [6.07, 6.45) is 2.35. The van der Waals surface area contributed by atoms with E-state index in [1.165, 1.54) is 12.5 Å². The first-order chi connectivity index (χ1) is 9.47. The minimum atomic E-state index is -1.76. The Kier molecular flexibility index (Phi) is 5.15. The second-order valence-corrected chi connectivity index (χ2v) is 5.72. The molecule has 0 saturated carbocycles. The molecule has 1 heterocycles. The number of halogens is 1. The average Bonchev–Trinajstić information content (AvgIpc) is 2.41. The molecule has 110 valence electrons. The van der Waals surface area contributed by atoms with E-state index in [0.717, 1.165) is 25.1 Å². The first-order valence-electron chi connectivity index (χ1n) is 7.00. The van der Waals surface area contributed by atoms with E-state index in [1.54, 1.807) is 12.1 Å². The van der Waals surface area contributed by atoms with Crippen LogP contribution < -0.4 is 5.46 Å². The Balaban J connectivity index is 2.04. The van der Waals surface area contributed by atoms with E-state index in [9.17, 15) is 4.39 Å². The molecule has 20 heavy (non-hydrogen) atoms. The van der Waals surface area contributed by atoms with Crippen molar-refractivity contribution in [3.05, 3.63) is 29.6 Å². The minimum Gasteiger partial charge on any atom is -0.423 e. The van der Waals surface area contributed by atoms with Crippen LogP contribution in [0.4, 0.5) is 4.39 Å². The van der Waals surface area contributed by atoms with Crippen molar-refractivity contribution >= 4 is 12.6 Å². The zero-order valence-corrected chi connectivity index (χ0v) is 12.1. The zero-order chi connectivity index (χ0) is 14.7. The van der Waals surface area contributed by atoms with Gasteiger partial charge in [0.1, 0.15) is 5.82 Å². The summed E-state index contributed by atoms with van der Waals surface area (Å²) < 4.78 is 13.4. The van der Waals surface area contributed by atoms with E-state index >= 15 is 0 Å². The van der Waals surface area contributed by atoms with Gasteiger partial charge in [-0.1, -0.05) is 12.1 Å². The molecule has 1 saturated heterocycles. The maximum Gasteiger partial charge on any atom is 0.491 e. The number of likely N-dealkylation sites (N-methyl/N-ethyl adjacent to an activating group) is 1. The highest BCUT2D eigenvalue weighted by atomic mass is 19.1. The number of nitrogens with zero attached hydrogens (tertiary/aromatic N) is 2. The van der Waals surface area contributed by atoms with Gasteiger partial charge in [-0.15, -0.1) is 0 Å². The predicted molar refractivity (Wildman–Crippen MR) is 78.2 cm³/mol. The summed E-state index contributed by atoms with van der Waals surface area (Å²) >= 11 is 0. The standard InChI is InChI=1S/C14H22BFN2O2/c1-17(2)12-4-3-7-18(10-12)9-11-5-6-14(16)13(8-11)15(19)20/h5-6,8,12,19-20H,3-4,7,9-10H2,1-2H3. The van der Waals surface area contributed by atoms with E-state index in [4.69, 9.17) is 10.0 Å². The summed E-state index contributed by atoms with van der Waals surface area (Å²) in [5.41, 5.74) is 0.859. The molecule has 0 spiro atoms. The van der Waals surface area contributed by atoms with Crippen LogP contribution in [0, 0.1) is 5.82 Å². The maximum atomic E-state index is 13.4. The van der Waals surface area contributed by atoms with Gasteiger partial charge in [-0.2, -0.15) is 0 Å². The van der Waals surface area contributed by atoms with Gasteiger partial charge in [-0.25, -0.2) is 4.39 Å². The first-order valence-corrected chi connectivity index (χ1v) is 7.00. The van der Waals surface area contributed by atoms with Crippen molar-refractivity contribution in [2.24, 2.45) is 0 Å². The first kappa shape index (κ1) is 15.4. The number of rotatable bonds is 4. The van der Waals surface area contributed by atoms with Crippen LogP contribution in [0.25, 0.3) is 0 Å². The molecule has 1 aromatic carbocycles. The summed E-state index contributed by atoms with van der Waals surface area (Å²) in [7, 11) is 2.42. The Morgan fingerprint density at radius 1 is 1.40 bits per heavy atom. The SMILES string of the molecule is CN(C)C1CCCN(Cc2ccc(F)c(B(O)O)c2)C1. The molecule has 1 aromatic rings. The molecule has 0 radical (unpaired) electrons. The minimum absolute atomic E-state index is 0.0522. The van der Waals surface area contributed by atoms with Gasteiger partial charge in [-0.3, -0.25) is 4.90 Å². The lowest BCUT2D eigenvalue weighted by molar-refractivity contribution is 0.128. The van der Waals surface area contributed by atoms with Crippen molar-refractivity contribution < 1.29 is 14.4 Å². The monoisotopic (exact) mass is 280 g/mol. The molecule has 1 aliphatic rings. The van der Waals surface area contributed by atoms with E-state index in [-0.39, 0.29) is 5.46 Å². The number of hydrogen-bond donors (Lipinski definition) is 2. The summed E-state index contributed by atoms with van der Waals surface area (Å²) in [5.74, 6) is -0.575. The van der Waals surface area contributed by atoms with Crippen LogP contribution in [-0.4, -0.2) is 60.2 Å². The molecule has 0 bridgehead atoms. The summed E-state index contributed by atoms with van der Waals surface area (Å²) in [4.78, 5) is 4.56. The van der Waals surface area contributed by atoms with Crippen LogP contribution in [0.1, 0.15) is 18.4 Å². The molecule has 4 nitrogen and oxygen atoms in total. The molecule has 0 aliphatic carbocycles. The highest BCUT2D eigenvalue weighted by molar-refractivity contribution is 6.58. The van der Waals surface area contributed by atoms with Crippen molar-refractivity contribution in [2.45, 2.75) is 25.4 Å². The van der Waals surface area contributed by atoms with Crippen LogP contribution in [0.5, 0.6) is 0 Å². The fourth-order valence-corrected chi connectivity index (χ4v) is 2.74. The van der Waals surface area contributed by atoms with Crippen molar-refractivity contribution in [3.63, 3.8) is 0 Å². The van der Waals surface area contributed by atoms with Crippen LogP contribution in [0.15, 0.2) is 18.2 Å². The summed E-state index contributed by atoms with van der Waals surface area (Å²) in [6, 6.07) is 5.10. The van der Waals surface area contributed by atoms with Crippen molar-refractivity contribution in [3.8, 4) is 0 Å². The third kappa shape index (κ3) is 3.79. The van der Waals surface area contributed by atoms with Gasteiger partial charge in [0.25, 0.3) is 0 Å². The molecule has 1 aliphatic heterocycles. The molecule has 2 N–H and O–H groups in total. The number of likely N-dealkylation sites (tertiary alicyclic amines) is 1. The highest BCUT2D eigenvalue weighted by Crippen LogP contribution is 2.16. The van der Waals surface area contributed by atoms with E-state index < -0.39 is 12.9 Å². The Morgan fingerprint density at radius 2 is 2.15 bits per heavy atom. The van der Waals surface area contributed by atoms with Crippen LogP contribution in [0.2, 0.25) is 0 Å². The topological polar surface area (TPSA) is 46.9 Å². The molecule has 1 unspecified atom stereocenters. The van der Waals surface area contributed by atoms with Gasteiger partial charge in [0, 0.05) is 24.6 Å². The van der Waals surface area contributed by atoms with Crippen molar-refractivity contribution in [1.29, 1.82) is 0 Å². The van der Waals surface area contributed by atoms with Crippen LogP contribution in [-0.2, 0) is 6.54 Å². The molecular weight excluding hydrogens is 258 g/mol. The Hall–Kier alpha value is -0.945. The predicted octanol–water partition coefficient (Wildman–Crippen LogP) is 0.0315. The fourth-order valence-electron chi connectivity index (χ4n) is 2.74. The number of hydrogen-bond acceptors (Lipinski definition) is 4. The van der Waals surface area contributed by atoms with E-state index in [1.807, 2.05) is 0 Å². The lowest BCUT2D eigenvalue weighted by Gasteiger charge is -2.36.